The average Bonchev–Trinajstić information content (AvgIpc) is 2.41. The summed E-state index contributed by atoms with van der Waals surface area (Å²) in [4.78, 5) is 24.2. The number of carbonyl (C=O) groups is 1. The Hall–Kier alpha value is -1.10. The largest absolute Gasteiger partial charge is 0.346 e. The maximum atomic E-state index is 12.3. The second-order valence-corrected chi connectivity index (χ2v) is 7.88. The summed E-state index contributed by atoms with van der Waals surface area (Å²) in [7, 11) is 1.69. The van der Waals surface area contributed by atoms with Crippen molar-refractivity contribution >= 4 is 17.2 Å². The second kappa shape index (κ2) is 5.12. The minimum Gasteiger partial charge on any atom is -0.346 e. The molecule has 0 unspecified atom stereocenters. The Balaban J connectivity index is 2.91. The zero-order valence-corrected chi connectivity index (χ0v) is 13.7. The van der Waals surface area contributed by atoms with Crippen LogP contribution in [0.15, 0.2) is 4.79 Å². The molecule has 1 heterocycles. The Kier molecular flexibility index (Phi) is 4.30. The van der Waals surface area contributed by atoms with Crippen LogP contribution in [0.5, 0.6) is 0 Å². The number of nitrogens with zero attached hydrogens (tertiary/aromatic N) is 1. The molecule has 0 aromatic carbocycles. The van der Waals surface area contributed by atoms with Crippen molar-refractivity contribution in [2.24, 2.45) is 12.5 Å². The monoisotopic (exact) mass is 284 g/mol. The van der Waals surface area contributed by atoms with Gasteiger partial charge in [0.25, 0.3) is 5.91 Å². The zero-order valence-electron chi connectivity index (χ0n) is 12.9. The van der Waals surface area contributed by atoms with Crippen LogP contribution in [0.3, 0.4) is 0 Å². The van der Waals surface area contributed by atoms with E-state index < -0.39 is 0 Å². The highest BCUT2D eigenvalue weighted by atomic mass is 32.1. The van der Waals surface area contributed by atoms with Gasteiger partial charge in [0.1, 0.15) is 4.88 Å². The summed E-state index contributed by atoms with van der Waals surface area (Å²) >= 11 is 1.00. The van der Waals surface area contributed by atoms with Crippen LogP contribution in [0.25, 0.3) is 0 Å². The summed E-state index contributed by atoms with van der Waals surface area (Å²) in [6.07, 6.45) is 0.868. The molecule has 0 fully saturated rings. The van der Waals surface area contributed by atoms with E-state index >= 15 is 0 Å². The highest BCUT2D eigenvalue weighted by Crippen LogP contribution is 2.27. The third-order valence-corrected chi connectivity index (χ3v) is 4.06. The number of thiazole rings is 1. The average molecular weight is 284 g/mol. The molecule has 0 saturated heterocycles. The van der Waals surface area contributed by atoms with Crippen molar-refractivity contribution in [3.8, 4) is 0 Å². The molecular weight excluding hydrogens is 260 g/mol. The van der Waals surface area contributed by atoms with Gasteiger partial charge in [-0.25, -0.2) is 0 Å². The molecule has 1 N–H and O–H groups in total. The lowest BCUT2D eigenvalue weighted by molar-refractivity contribution is 0.0894. The predicted octanol–water partition coefficient (Wildman–Crippen LogP) is 2.70. The first kappa shape index (κ1) is 16.0. The van der Waals surface area contributed by atoms with Gasteiger partial charge in [-0.05, 0) is 32.6 Å². The fourth-order valence-electron chi connectivity index (χ4n) is 2.46. The molecule has 108 valence electrons. The third-order valence-electron chi connectivity index (χ3n) is 2.93. The van der Waals surface area contributed by atoms with Gasteiger partial charge < -0.3 is 9.88 Å². The summed E-state index contributed by atoms with van der Waals surface area (Å²) in [5, 5.41) is 3.03. The molecule has 0 aliphatic carbocycles. The number of aromatic nitrogens is 1. The maximum absolute atomic E-state index is 12.3. The topological polar surface area (TPSA) is 51.1 Å². The van der Waals surface area contributed by atoms with Gasteiger partial charge in [-0.2, -0.15) is 0 Å². The second-order valence-electron chi connectivity index (χ2n) is 6.92. The number of amides is 1. The van der Waals surface area contributed by atoms with Crippen LogP contribution in [-0.2, 0) is 7.05 Å². The lowest BCUT2D eigenvalue weighted by atomic mass is 9.82. The molecule has 4 nitrogen and oxygen atoms in total. The van der Waals surface area contributed by atoms with E-state index in [9.17, 15) is 9.59 Å². The SMILES string of the molecule is Cc1c(C(=O)NC(C)(C)CC(C)(C)C)sc(=O)n1C. The molecule has 0 aliphatic heterocycles. The summed E-state index contributed by atoms with van der Waals surface area (Å²) in [5.74, 6) is -0.158. The van der Waals surface area contributed by atoms with Crippen LogP contribution in [0.4, 0.5) is 0 Å². The van der Waals surface area contributed by atoms with Crippen LogP contribution < -0.4 is 10.2 Å². The van der Waals surface area contributed by atoms with Crippen LogP contribution in [-0.4, -0.2) is 16.0 Å². The number of nitrogens with one attached hydrogen (secondary N) is 1. The molecule has 0 spiro atoms. The lowest BCUT2D eigenvalue weighted by Gasteiger charge is -2.33. The first-order valence-corrected chi connectivity index (χ1v) is 7.23. The fourth-order valence-corrected chi connectivity index (χ4v) is 3.34. The summed E-state index contributed by atoms with van der Waals surface area (Å²) in [6.45, 7) is 12.3. The van der Waals surface area contributed by atoms with E-state index in [1.54, 1.807) is 14.0 Å². The Bertz CT molecular complexity index is 533. The quantitative estimate of drug-likeness (QED) is 0.928. The molecule has 0 saturated carbocycles. The molecule has 1 aromatic heterocycles. The summed E-state index contributed by atoms with van der Waals surface area (Å²) in [6, 6.07) is 0. The molecular formula is C14H24N2O2S. The standard InChI is InChI=1S/C14H24N2O2S/c1-9-10(19-12(18)16(9)7)11(17)15-14(5,6)8-13(2,3)4/h8H2,1-7H3,(H,15,17). The van der Waals surface area contributed by atoms with Gasteiger partial charge >= 0.3 is 4.87 Å². The van der Waals surface area contributed by atoms with Crippen molar-refractivity contribution in [1.29, 1.82) is 0 Å². The number of carbonyl (C=O) groups excluding carboxylic acids is 1. The van der Waals surface area contributed by atoms with Gasteiger partial charge in [0.2, 0.25) is 0 Å². The van der Waals surface area contributed by atoms with Crippen molar-refractivity contribution in [2.45, 2.75) is 53.5 Å². The lowest BCUT2D eigenvalue weighted by Crippen LogP contribution is -2.45. The van der Waals surface area contributed by atoms with E-state index in [4.69, 9.17) is 0 Å². The van der Waals surface area contributed by atoms with E-state index in [1.165, 1.54) is 4.57 Å². The fraction of sp³-hybridized carbons (Fsp3) is 0.714. The molecule has 0 atom stereocenters. The van der Waals surface area contributed by atoms with Gasteiger partial charge in [0.15, 0.2) is 0 Å². The third kappa shape index (κ3) is 4.20. The Labute approximate surface area is 118 Å². The Morgan fingerprint density at radius 2 is 1.79 bits per heavy atom. The Morgan fingerprint density at radius 3 is 2.16 bits per heavy atom. The molecule has 0 bridgehead atoms. The number of hydrogen-bond donors (Lipinski definition) is 1. The van der Waals surface area contributed by atoms with Crippen molar-refractivity contribution in [3.63, 3.8) is 0 Å². The molecule has 5 heteroatoms. The normalized spacial score (nSPS) is 12.6. The van der Waals surface area contributed by atoms with E-state index in [0.29, 0.717) is 4.88 Å². The molecule has 0 aliphatic rings. The summed E-state index contributed by atoms with van der Waals surface area (Å²) in [5.41, 5.74) is 0.558. The number of rotatable bonds is 3. The van der Waals surface area contributed by atoms with Gasteiger partial charge in [0.05, 0.1) is 0 Å². The molecule has 1 aromatic rings. The molecule has 0 radical (unpaired) electrons. The van der Waals surface area contributed by atoms with Crippen molar-refractivity contribution in [2.75, 3.05) is 0 Å². The van der Waals surface area contributed by atoms with Crippen LogP contribution in [0, 0.1) is 12.3 Å². The van der Waals surface area contributed by atoms with Crippen molar-refractivity contribution in [1.82, 2.24) is 9.88 Å². The van der Waals surface area contributed by atoms with Gasteiger partial charge in [-0.15, -0.1) is 0 Å². The summed E-state index contributed by atoms with van der Waals surface area (Å²) < 4.78 is 1.51. The van der Waals surface area contributed by atoms with Crippen LogP contribution in [0.2, 0.25) is 0 Å². The smallest absolute Gasteiger partial charge is 0.307 e. The van der Waals surface area contributed by atoms with Gasteiger partial charge in [-0.1, -0.05) is 32.1 Å². The van der Waals surface area contributed by atoms with E-state index in [2.05, 4.69) is 26.1 Å². The molecule has 1 rings (SSSR count). The predicted molar refractivity (Wildman–Crippen MR) is 79.9 cm³/mol. The maximum Gasteiger partial charge on any atom is 0.307 e. The molecule has 19 heavy (non-hydrogen) atoms. The Morgan fingerprint density at radius 1 is 1.26 bits per heavy atom. The van der Waals surface area contributed by atoms with E-state index in [0.717, 1.165) is 23.5 Å². The minimum atomic E-state index is -0.298. The highest BCUT2D eigenvalue weighted by molar-refractivity contribution is 7.11. The highest BCUT2D eigenvalue weighted by Gasteiger charge is 2.28. The zero-order chi connectivity index (χ0) is 15.0. The van der Waals surface area contributed by atoms with Gasteiger partial charge in [0, 0.05) is 18.3 Å². The van der Waals surface area contributed by atoms with E-state index in [-0.39, 0.29) is 21.7 Å². The molecule has 1 amide bonds. The van der Waals surface area contributed by atoms with Crippen molar-refractivity contribution in [3.05, 3.63) is 20.2 Å². The van der Waals surface area contributed by atoms with E-state index in [1.807, 2.05) is 13.8 Å². The van der Waals surface area contributed by atoms with Gasteiger partial charge in [-0.3, -0.25) is 9.59 Å². The first-order chi connectivity index (χ1) is 8.43. The van der Waals surface area contributed by atoms with Crippen molar-refractivity contribution < 1.29 is 4.79 Å². The van der Waals surface area contributed by atoms with Crippen LogP contribution >= 0.6 is 11.3 Å². The number of hydrogen-bond acceptors (Lipinski definition) is 3. The minimum absolute atomic E-state index is 0.101. The first-order valence-electron chi connectivity index (χ1n) is 6.42. The van der Waals surface area contributed by atoms with Crippen LogP contribution in [0.1, 0.15) is 56.4 Å².